The minimum atomic E-state index is 0.0205. The van der Waals surface area contributed by atoms with Gasteiger partial charge in [0.2, 0.25) is 17.6 Å². The third kappa shape index (κ3) is 5.65. The number of hydrogen-bond donors (Lipinski definition) is 0. The first-order valence-corrected chi connectivity index (χ1v) is 9.42. The largest absolute Gasteiger partial charge is 0.383 e. The Morgan fingerprint density at radius 1 is 1.14 bits per heavy atom. The first-order valence-electron chi connectivity index (χ1n) is 9.05. The predicted octanol–water partition coefficient (Wildman–Crippen LogP) is 4.00. The van der Waals surface area contributed by atoms with E-state index in [0.717, 1.165) is 11.1 Å². The van der Waals surface area contributed by atoms with Crippen LogP contribution in [0.4, 0.5) is 0 Å². The first-order chi connectivity index (χ1) is 13.7. The number of halogens is 1. The van der Waals surface area contributed by atoms with Crippen molar-refractivity contribution in [2.24, 2.45) is 0 Å². The molecule has 3 rings (SSSR count). The fourth-order valence-electron chi connectivity index (χ4n) is 2.74. The van der Waals surface area contributed by atoms with E-state index in [1.165, 1.54) is 0 Å². The third-order valence-electron chi connectivity index (χ3n) is 4.26. The molecule has 0 radical (unpaired) electrons. The van der Waals surface area contributed by atoms with E-state index in [1.807, 2.05) is 42.5 Å². The van der Waals surface area contributed by atoms with Crippen molar-refractivity contribution in [2.75, 3.05) is 20.3 Å². The van der Waals surface area contributed by atoms with Crippen molar-refractivity contribution in [3.63, 3.8) is 0 Å². The molecular weight excluding hydrogens is 378 g/mol. The molecule has 0 aliphatic heterocycles. The fourth-order valence-corrected chi connectivity index (χ4v) is 2.87. The molecule has 0 bridgehead atoms. The molecule has 6 nitrogen and oxygen atoms in total. The summed E-state index contributed by atoms with van der Waals surface area (Å²) in [5.41, 5.74) is 1.89. The summed E-state index contributed by atoms with van der Waals surface area (Å²) in [4.78, 5) is 18.9. The van der Waals surface area contributed by atoms with Gasteiger partial charge in [0, 0.05) is 43.6 Å². The summed E-state index contributed by atoms with van der Waals surface area (Å²) in [6, 6.07) is 17.1. The van der Waals surface area contributed by atoms with Crippen molar-refractivity contribution in [3.05, 3.63) is 71.1 Å². The molecule has 1 heterocycles. The number of ether oxygens (including phenoxy) is 1. The zero-order valence-electron chi connectivity index (χ0n) is 15.7. The Morgan fingerprint density at radius 2 is 1.89 bits per heavy atom. The second kappa shape index (κ2) is 10.0. The monoisotopic (exact) mass is 399 g/mol. The van der Waals surface area contributed by atoms with Gasteiger partial charge in [-0.2, -0.15) is 4.98 Å². The Bertz CT molecular complexity index is 881. The lowest BCUT2D eigenvalue weighted by Crippen LogP contribution is -2.33. The van der Waals surface area contributed by atoms with Gasteiger partial charge in [0.05, 0.1) is 6.61 Å². The number of methoxy groups -OCH3 is 1. The molecule has 0 fully saturated rings. The van der Waals surface area contributed by atoms with Crippen LogP contribution in [0.15, 0.2) is 59.1 Å². The first kappa shape index (κ1) is 20.0. The van der Waals surface area contributed by atoms with Crippen LogP contribution in [0.3, 0.4) is 0 Å². The van der Waals surface area contributed by atoms with Gasteiger partial charge in [-0.3, -0.25) is 4.79 Å². The number of rotatable bonds is 9. The lowest BCUT2D eigenvalue weighted by Gasteiger charge is -2.22. The molecule has 7 heteroatoms. The van der Waals surface area contributed by atoms with Gasteiger partial charge in [0.15, 0.2) is 0 Å². The molecule has 0 N–H and O–H groups in total. The van der Waals surface area contributed by atoms with Crippen LogP contribution in [-0.4, -0.2) is 41.2 Å². The lowest BCUT2D eigenvalue weighted by atomic mass is 10.2. The zero-order valence-corrected chi connectivity index (χ0v) is 16.4. The number of hydrogen-bond acceptors (Lipinski definition) is 5. The minimum absolute atomic E-state index is 0.0205. The number of amides is 1. The van der Waals surface area contributed by atoms with Crippen LogP contribution in [0.5, 0.6) is 0 Å². The number of benzene rings is 2. The summed E-state index contributed by atoms with van der Waals surface area (Å²) >= 11 is 5.90. The molecule has 0 saturated carbocycles. The second-order valence-electron chi connectivity index (χ2n) is 6.31. The van der Waals surface area contributed by atoms with Gasteiger partial charge in [-0.05, 0) is 29.8 Å². The average Bonchev–Trinajstić information content (AvgIpc) is 3.19. The van der Waals surface area contributed by atoms with E-state index < -0.39 is 0 Å². The molecule has 1 amide bonds. The van der Waals surface area contributed by atoms with Crippen LogP contribution in [0.25, 0.3) is 11.4 Å². The van der Waals surface area contributed by atoms with Crippen molar-refractivity contribution in [1.29, 1.82) is 0 Å². The molecule has 1 aromatic heterocycles. The number of nitrogens with zero attached hydrogens (tertiary/aromatic N) is 3. The maximum absolute atomic E-state index is 12.7. The molecule has 3 aromatic rings. The second-order valence-corrected chi connectivity index (χ2v) is 6.75. The highest BCUT2D eigenvalue weighted by molar-refractivity contribution is 6.30. The lowest BCUT2D eigenvalue weighted by molar-refractivity contribution is -0.132. The summed E-state index contributed by atoms with van der Waals surface area (Å²) in [6.07, 6.45) is 0.677. The summed E-state index contributed by atoms with van der Waals surface area (Å²) < 4.78 is 10.4. The molecule has 28 heavy (non-hydrogen) atoms. The molecular formula is C21H22ClN3O3. The van der Waals surface area contributed by atoms with Crippen molar-refractivity contribution < 1.29 is 14.1 Å². The average molecular weight is 400 g/mol. The zero-order chi connectivity index (χ0) is 19.8. The van der Waals surface area contributed by atoms with Gasteiger partial charge < -0.3 is 14.2 Å². The Kier molecular flexibility index (Phi) is 7.17. The normalized spacial score (nSPS) is 10.8. The smallest absolute Gasteiger partial charge is 0.227 e. The van der Waals surface area contributed by atoms with Crippen molar-refractivity contribution in [3.8, 4) is 11.4 Å². The van der Waals surface area contributed by atoms with Gasteiger partial charge in [-0.1, -0.05) is 47.1 Å². The van der Waals surface area contributed by atoms with E-state index in [-0.39, 0.29) is 5.91 Å². The number of aryl methyl sites for hydroxylation is 1. The van der Waals surface area contributed by atoms with Crippen LogP contribution in [-0.2, 0) is 22.5 Å². The number of aromatic nitrogens is 2. The van der Waals surface area contributed by atoms with Gasteiger partial charge in [0.25, 0.3) is 0 Å². The Labute approximate surface area is 169 Å². The van der Waals surface area contributed by atoms with E-state index in [2.05, 4.69) is 10.1 Å². The van der Waals surface area contributed by atoms with Crippen LogP contribution in [0.2, 0.25) is 5.02 Å². The van der Waals surface area contributed by atoms with Crippen molar-refractivity contribution in [2.45, 2.75) is 19.4 Å². The minimum Gasteiger partial charge on any atom is -0.383 e. The highest BCUT2D eigenvalue weighted by Crippen LogP contribution is 2.19. The topological polar surface area (TPSA) is 68.5 Å². The number of carbonyl (C=O) groups is 1. The Balaban J connectivity index is 1.60. The van der Waals surface area contributed by atoms with Crippen molar-refractivity contribution in [1.82, 2.24) is 15.0 Å². The fraction of sp³-hybridized carbons (Fsp3) is 0.286. The van der Waals surface area contributed by atoms with E-state index in [1.54, 1.807) is 24.1 Å². The predicted molar refractivity (Wildman–Crippen MR) is 107 cm³/mol. The van der Waals surface area contributed by atoms with E-state index >= 15 is 0 Å². The SMILES string of the molecule is COCCN(Cc1ccccc1)C(=O)CCc1nc(-c2ccc(Cl)cc2)no1. The van der Waals surface area contributed by atoms with E-state index in [0.29, 0.717) is 49.3 Å². The molecule has 0 atom stereocenters. The molecule has 0 aliphatic rings. The van der Waals surface area contributed by atoms with Crippen LogP contribution in [0.1, 0.15) is 17.9 Å². The summed E-state index contributed by atoms with van der Waals surface area (Å²) in [6.45, 7) is 1.56. The maximum Gasteiger partial charge on any atom is 0.227 e. The highest BCUT2D eigenvalue weighted by Gasteiger charge is 2.16. The van der Waals surface area contributed by atoms with E-state index in [4.69, 9.17) is 20.9 Å². The molecule has 0 spiro atoms. The Morgan fingerprint density at radius 3 is 2.61 bits per heavy atom. The van der Waals surface area contributed by atoms with Crippen LogP contribution >= 0.6 is 11.6 Å². The standard InChI is InChI=1S/C21H22ClN3O3/c1-27-14-13-25(15-16-5-3-2-4-6-16)20(26)12-11-19-23-21(24-28-19)17-7-9-18(22)10-8-17/h2-10H,11-15H2,1H3. The third-order valence-corrected chi connectivity index (χ3v) is 4.51. The van der Waals surface area contributed by atoms with E-state index in [9.17, 15) is 4.79 Å². The molecule has 2 aromatic carbocycles. The quantitative estimate of drug-likeness (QED) is 0.544. The number of carbonyl (C=O) groups excluding carboxylic acids is 1. The maximum atomic E-state index is 12.7. The van der Waals surface area contributed by atoms with Gasteiger partial charge in [-0.25, -0.2) is 0 Å². The highest BCUT2D eigenvalue weighted by atomic mass is 35.5. The van der Waals surface area contributed by atoms with Crippen LogP contribution < -0.4 is 0 Å². The van der Waals surface area contributed by atoms with Gasteiger partial charge in [0.1, 0.15) is 0 Å². The molecule has 0 saturated heterocycles. The van der Waals surface area contributed by atoms with Gasteiger partial charge in [-0.15, -0.1) is 0 Å². The summed E-state index contributed by atoms with van der Waals surface area (Å²) in [5, 5.41) is 4.63. The molecule has 146 valence electrons. The van der Waals surface area contributed by atoms with Crippen LogP contribution in [0, 0.1) is 0 Å². The summed E-state index contributed by atoms with van der Waals surface area (Å²) in [7, 11) is 1.63. The molecule has 0 unspecified atom stereocenters. The van der Waals surface area contributed by atoms with Crippen molar-refractivity contribution >= 4 is 17.5 Å². The Hall–Kier alpha value is -2.70. The summed E-state index contributed by atoms with van der Waals surface area (Å²) in [5.74, 6) is 0.941. The van der Waals surface area contributed by atoms with Gasteiger partial charge >= 0.3 is 0 Å². The molecule has 0 aliphatic carbocycles.